The molecule has 0 aromatic rings. The summed E-state index contributed by atoms with van der Waals surface area (Å²) in [5, 5.41) is 11.9. The van der Waals surface area contributed by atoms with Gasteiger partial charge in [-0.1, -0.05) is 6.92 Å². The van der Waals surface area contributed by atoms with Crippen molar-refractivity contribution in [1.29, 1.82) is 0 Å². The predicted octanol–water partition coefficient (Wildman–Crippen LogP) is 1.04. The molecule has 0 aromatic carbocycles. The number of carboxylic acids is 1. The number of carboxylic acid groups (broad SMARTS) is 1. The zero-order chi connectivity index (χ0) is 11.7. The summed E-state index contributed by atoms with van der Waals surface area (Å²) in [6.45, 7) is 2.64. The standard InChI is InChI=1S/C11H18N2O3/c1-7-6-8(7)12-11(16)13-5-3-2-4-9(13)10(14)15/h7-9H,2-6H2,1H3,(H,12,16)(H,14,15). The fourth-order valence-electron chi connectivity index (χ4n) is 2.20. The molecule has 5 nitrogen and oxygen atoms in total. The Kier molecular flexibility index (Phi) is 3.03. The van der Waals surface area contributed by atoms with Crippen molar-refractivity contribution in [2.45, 2.75) is 44.7 Å². The van der Waals surface area contributed by atoms with E-state index in [0.29, 0.717) is 18.9 Å². The number of piperidine rings is 1. The molecule has 1 aliphatic carbocycles. The van der Waals surface area contributed by atoms with Crippen LogP contribution in [-0.2, 0) is 4.79 Å². The molecule has 3 unspecified atom stereocenters. The maximum atomic E-state index is 11.9. The molecule has 0 aromatic heterocycles. The van der Waals surface area contributed by atoms with Crippen molar-refractivity contribution in [2.24, 2.45) is 5.92 Å². The fraction of sp³-hybridized carbons (Fsp3) is 0.818. The monoisotopic (exact) mass is 226 g/mol. The summed E-state index contributed by atoms with van der Waals surface area (Å²) in [6, 6.07) is -0.590. The minimum Gasteiger partial charge on any atom is -0.480 e. The van der Waals surface area contributed by atoms with Crippen LogP contribution in [0, 0.1) is 5.92 Å². The molecule has 1 saturated carbocycles. The number of hydrogen-bond donors (Lipinski definition) is 2. The van der Waals surface area contributed by atoms with E-state index in [2.05, 4.69) is 12.2 Å². The molecule has 0 radical (unpaired) electrons. The van der Waals surface area contributed by atoms with E-state index in [9.17, 15) is 9.59 Å². The predicted molar refractivity (Wildman–Crippen MR) is 58.1 cm³/mol. The summed E-state index contributed by atoms with van der Waals surface area (Å²) in [5.74, 6) is -0.351. The number of urea groups is 1. The summed E-state index contributed by atoms with van der Waals surface area (Å²) in [4.78, 5) is 24.3. The molecule has 1 saturated heterocycles. The first kappa shape index (κ1) is 11.2. The zero-order valence-electron chi connectivity index (χ0n) is 9.48. The second-order valence-electron chi connectivity index (χ2n) is 4.81. The third kappa shape index (κ3) is 2.28. The van der Waals surface area contributed by atoms with Crippen LogP contribution < -0.4 is 5.32 Å². The zero-order valence-corrected chi connectivity index (χ0v) is 9.48. The summed E-state index contributed by atoms with van der Waals surface area (Å²) >= 11 is 0. The molecule has 2 amide bonds. The van der Waals surface area contributed by atoms with Gasteiger partial charge in [0.25, 0.3) is 0 Å². The number of hydrogen-bond acceptors (Lipinski definition) is 2. The second kappa shape index (κ2) is 4.31. The van der Waals surface area contributed by atoms with Crippen LogP contribution in [0.4, 0.5) is 4.79 Å². The summed E-state index contributed by atoms with van der Waals surface area (Å²) < 4.78 is 0. The number of likely N-dealkylation sites (tertiary alicyclic amines) is 1. The summed E-state index contributed by atoms with van der Waals surface area (Å²) in [7, 11) is 0. The van der Waals surface area contributed by atoms with Crippen LogP contribution in [0.5, 0.6) is 0 Å². The van der Waals surface area contributed by atoms with Crippen LogP contribution in [0.15, 0.2) is 0 Å². The third-order valence-corrected chi connectivity index (χ3v) is 3.47. The van der Waals surface area contributed by atoms with Gasteiger partial charge in [-0.25, -0.2) is 9.59 Å². The number of carbonyl (C=O) groups excluding carboxylic acids is 1. The molecular formula is C11H18N2O3. The molecular weight excluding hydrogens is 208 g/mol. The van der Waals surface area contributed by atoms with Gasteiger partial charge < -0.3 is 15.3 Å². The van der Waals surface area contributed by atoms with E-state index in [0.717, 1.165) is 19.3 Å². The normalized spacial score (nSPS) is 33.3. The fourth-order valence-corrected chi connectivity index (χ4v) is 2.20. The largest absolute Gasteiger partial charge is 0.480 e. The van der Waals surface area contributed by atoms with Crippen molar-refractivity contribution in [3.63, 3.8) is 0 Å². The van der Waals surface area contributed by atoms with Crippen molar-refractivity contribution in [1.82, 2.24) is 10.2 Å². The van der Waals surface area contributed by atoms with Gasteiger partial charge in [0, 0.05) is 12.6 Å². The molecule has 16 heavy (non-hydrogen) atoms. The molecule has 2 rings (SSSR count). The van der Waals surface area contributed by atoms with E-state index in [-0.39, 0.29) is 12.1 Å². The van der Waals surface area contributed by atoms with E-state index in [1.165, 1.54) is 4.90 Å². The van der Waals surface area contributed by atoms with Gasteiger partial charge in [0.15, 0.2) is 0 Å². The number of rotatable bonds is 2. The van der Waals surface area contributed by atoms with E-state index < -0.39 is 12.0 Å². The molecule has 90 valence electrons. The van der Waals surface area contributed by atoms with Gasteiger partial charge in [0.1, 0.15) is 6.04 Å². The van der Waals surface area contributed by atoms with Crippen LogP contribution in [0.1, 0.15) is 32.6 Å². The quantitative estimate of drug-likeness (QED) is 0.739. The van der Waals surface area contributed by atoms with Crippen LogP contribution in [0.3, 0.4) is 0 Å². The molecule has 2 fully saturated rings. The molecule has 2 aliphatic rings. The van der Waals surface area contributed by atoms with Crippen LogP contribution in [0.25, 0.3) is 0 Å². The van der Waals surface area contributed by atoms with Gasteiger partial charge in [-0.05, 0) is 31.6 Å². The molecule has 1 aliphatic heterocycles. The smallest absolute Gasteiger partial charge is 0.326 e. The van der Waals surface area contributed by atoms with E-state index in [1.807, 2.05) is 0 Å². The van der Waals surface area contributed by atoms with Crippen molar-refractivity contribution in [3.05, 3.63) is 0 Å². The van der Waals surface area contributed by atoms with Crippen LogP contribution >= 0.6 is 0 Å². The highest BCUT2D eigenvalue weighted by molar-refractivity contribution is 5.83. The number of nitrogens with zero attached hydrogens (tertiary/aromatic N) is 1. The average molecular weight is 226 g/mol. The third-order valence-electron chi connectivity index (χ3n) is 3.47. The minimum absolute atomic E-state index is 0.207. The van der Waals surface area contributed by atoms with Gasteiger partial charge in [0.2, 0.25) is 0 Å². The SMILES string of the molecule is CC1CC1NC(=O)N1CCCCC1C(=O)O. The van der Waals surface area contributed by atoms with Crippen LogP contribution in [0.2, 0.25) is 0 Å². The Bertz CT molecular complexity index is 306. The van der Waals surface area contributed by atoms with E-state index in [1.54, 1.807) is 0 Å². The van der Waals surface area contributed by atoms with Gasteiger partial charge in [-0.15, -0.1) is 0 Å². The molecule has 0 bridgehead atoms. The number of nitrogens with one attached hydrogen (secondary N) is 1. The number of carbonyl (C=O) groups is 2. The Morgan fingerprint density at radius 3 is 2.62 bits per heavy atom. The molecule has 3 atom stereocenters. The maximum absolute atomic E-state index is 11.9. The average Bonchev–Trinajstić information content (AvgIpc) is 2.94. The summed E-state index contributed by atoms with van der Waals surface area (Å²) in [5.41, 5.74) is 0. The Balaban J connectivity index is 1.94. The van der Waals surface area contributed by atoms with Gasteiger partial charge in [-0.3, -0.25) is 0 Å². The minimum atomic E-state index is -0.890. The van der Waals surface area contributed by atoms with E-state index in [4.69, 9.17) is 5.11 Å². The lowest BCUT2D eigenvalue weighted by molar-refractivity contribution is -0.143. The number of aliphatic carboxylic acids is 1. The highest BCUT2D eigenvalue weighted by atomic mass is 16.4. The Labute approximate surface area is 94.8 Å². The first-order valence-electron chi connectivity index (χ1n) is 5.89. The van der Waals surface area contributed by atoms with E-state index >= 15 is 0 Å². The molecule has 5 heteroatoms. The highest BCUT2D eigenvalue weighted by Crippen LogP contribution is 2.29. The maximum Gasteiger partial charge on any atom is 0.326 e. The van der Waals surface area contributed by atoms with Crippen LogP contribution in [-0.4, -0.2) is 40.6 Å². The highest BCUT2D eigenvalue weighted by Gasteiger charge is 2.38. The Morgan fingerprint density at radius 2 is 2.06 bits per heavy atom. The Hall–Kier alpha value is -1.26. The van der Waals surface area contributed by atoms with Gasteiger partial charge >= 0.3 is 12.0 Å². The lowest BCUT2D eigenvalue weighted by Crippen LogP contribution is -2.52. The van der Waals surface area contributed by atoms with Crippen molar-refractivity contribution >= 4 is 12.0 Å². The van der Waals surface area contributed by atoms with Gasteiger partial charge in [0.05, 0.1) is 0 Å². The van der Waals surface area contributed by atoms with Crippen molar-refractivity contribution < 1.29 is 14.7 Å². The van der Waals surface area contributed by atoms with Crippen molar-refractivity contribution in [2.75, 3.05) is 6.54 Å². The number of amides is 2. The van der Waals surface area contributed by atoms with Crippen molar-refractivity contribution in [3.8, 4) is 0 Å². The lowest BCUT2D eigenvalue weighted by Gasteiger charge is -2.32. The molecule has 2 N–H and O–H groups in total. The van der Waals surface area contributed by atoms with Gasteiger partial charge in [-0.2, -0.15) is 0 Å². The molecule has 0 spiro atoms. The summed E-state index contributed by atoms with van der Waals surface area (Å²) in [6.07, 6.45) is 3.37. The second-order valence-corrected chi connectivity index (χ2v) is 4.81. The first-order valence-corrected chi connectivity index (χ1v) is 5.89. The lowest BCUT2D eigenvalue weighted by atomic mass is 10.0. The molecule has 1 heterocycles. The Morgan fingerprint density at radius 1 is 1.38 bits per heavy atom. The topological polar surface area (TPSA) is 69.6 Å². The first-order chi connectivity index (χ1) is 7.59.